The van der Waals surface area contributed by atoms with E-state index in [0.29, 0.717) is 30.9 Å². The first-order valence-electron chi connectivity index (χ1n) is 6.78. The van der Waals surface area contributed by atoms with Crippen LogP contribution in [0.1, 0.15) is 25.3 Å². The molecule has 0 fully saturated rings. The number of aromatic nitrogens is 3. The number of nitrogens with one attached hydrogen (secondary N) is 1. The number of hydrogen-bond acceptors (Lipinski definition) is 6. The summed E-state index contributed by atoms with van der Waals surface area (Å²) in [5.41, 5.74) is 1.10. The van der Waals surface area contributed by atoms with Crippen molar-refractivity contribution in [2.24, 2.45) is 5.92 Å². The van der Waals surface area contributed by atoms with Crippen LogP contribution >= 0.6 is 0 Å². The standard InChI is InChI=1S/C14H21N5O/c1-11(2)7-16-9-13-17-18-14(20-13)19(3)10-12-5-4-6-15-8-12/h4-6,8,11,16H,7,9-10H2,1-3H3. The lowest BCUT2D eigenvalue weighted by molar-refractivity contribution is 0.450. The minimum absolute atomic E-state index is 0.523. The smallest absolute Gasteiger partial charge is 0.318 e. The van der Waals surface area contributed by atoms with Gasteiger partial charge in [0.25, 0.3) is 0 Å². The van der Waals surface area contributed by atoms with Gasteiger partial charge in [-0.1, -0.05) is 25.0 Å². The Morgan fingerprint density at radius 3 is 2.90 bits per heavy atom. The highest BCUT2D eigenvalue weighted by Crippen LogP contribution is 2.13. The molecular weight excluding hydrogens is 254 g/mol. The maximum atomic E-state index is 5.62. The highest BCUT2D eigenvalue weighted by molar-refractivity contribution is 5.25. The van der Waals surface area contributed by atoms with Gasteiger partial charge >= 0.3 is 6.01 Å². The Morgan fingerprint density at radius 1 is 1.35 bits per heavy atom. The van der Waals surface area contributed by atoms with E-state index in [1.807, 2.05) is 30.3 Å². The third kappa shape index (κ3) is 4.31. The van der Waals surface area contributed by atoms with E-state index in [1.165, 1.54) is 0 Å². The molecule has 0 saturated heterocycles. The van der Waals surface area contributed by atoms with E-state index in [9.17, 15) is 0 Å². The van der Waals surface area contributed by atoms with Gasteiger partial charge in [0.2, 0.25) is 5.89 Å². The molecule has 0 radical (unpaired) electrons. The van der Waals surface area contributed by atoms with Crippen LogP contribution < -0.4 is 10.2 Å². The number of nitrogens with zero attached hydrogens (tertiary/aromatic N) is 4. The molecule has 108 valence electrons. The van der Waals surface area contributed by atoms with Crippen LogP contribution in [0.3, 0.4) is 0 Å². The fourth-order valence-electron chi connectivity index (χ4n) is 1.77. The van der Waals surface area contributed by atoms with E-state index in [-0.39, 0.29) is 0 Å². The van der Waals surface area contributed by atoms with Gasteiger partial charge in [0.1, 0.15) is 0 Å². The zero-order valence-electron chi connectivity index (χ0n) is 12.2. The van der Waals surface area contributed by atoms with Crippen LogP contribution in [0.4, 0.5) is 6.01 Å². The molecule has 2 heterocycles. The molecule has 0 aliphatic heterocycles. The summed E-state index contributed by atoms with van der Waals surface area (Å²) in [5, 5.41) is 11.4. The molecule has 0 spiro atoms. The average molecular weight is 275 g/mol. The average Bonchev–Trinajstić information content (AvgIpc) is 2.88. The summed E-state index contributed by atoms with van der Waals surface area (Å²) >= 11 is 0. The molecular formula is C14H21N5O. The second-order valence-electron chi connectivity index (χ2n) is 5.22. The van der Waals surface area contributed by atoms with Gasteiger partial charge in [0.15, 0.2) is 0 Å². The third-order valence-corrected chi connectivity index (χ3v) is 2.75. The molecule has 2 rings (SSSR count). The highest BCUT2D eigenvalue weighted by Gasteiger charge is 2.11. The van der Waals surface area contributed by atoms with Crippen LogP contribution in [-0.4, -0.2) is 28.8 Å². The van der Waals surface area contributed by atoms with Gasteiger partial charge in [0, 0.05) is 26.0 Å². The van der Waals surface area contributed by atoms with Crippen LogP contribution in [0.25, 0.3) is 0 Å². The first-order chi connectivity index (χ1) is 9.65. The van der Waals surface area contributed by atoms with E-state index < -0.39 is 0 Å². The minimum Gasteiger partial charge on any atom is -0.407 e. The van der Waals surface area contributed by atoms with Crippen LogP contribution in [0.5, 0.6) is 0 Å². The lowest BCUT2D eigenvalue weighted by Gasteiger charge is -2.13. The van der Waals surface area contributed by atoms with E-state index in [1.54, 1.807) is 6.20 Å². The fraction of sp³-hybridized carbons (Fsp3) is 0.500. The topological polar surface area (TPSA) is 67.1 Å². The van der Waals surface area contributed by atoms with Crippen molar-refractivity contribution in [1.29, 1.82) is 0 Å². The number of rotatable bonds is 7. The Labute approximate surface area is 119 Å². The Morgan fingerprint density at radius 2 is 2.20 bits per heavy atom. The molecule has 2 aromatic heterocycles. The summed E-state index contributed by atoms with van der Waals surface area (Å²) in [6.07, 6.45) is 3.59. The first-order valence-corrected chi connectivity index (χ1v) is 6.78. The lowest BCUT2D eigenvalue weighted by Crippen LogP contribution is -2.19. The highest BCUT2D eigenvalue weighted by atomic mass is 16.4. The molecule has 0 saturated carbocycles. The quantitative estimate of drug-likeness (QED) is 0.831. The maximum absolute atomic E-state index is 5.62. The molecule has 0 aliphatic rings. The first kappa shape index (κ1) is 14.5. The van der Waals surface area contributed by atoms with Gasteiger partial charge < -0.3 is 14.6 Å². The Bertz CT molecular complexity index is 511. The minimum atomic E-state index is 0.523. The monoisotopic (exact) mass is 275 g/mol. The Hall–Kier alpha value is -1.95. The summed E-state index contributed by atoms with van der Waals surface area (Å²) in [4.78, 5) is 6.00. The SMILES string of the molecule is CC(C)CNCc1nnc(N(C)Cc2cccnc2)o1. The van der Waals surface area contributed by atoms with Gasteiger partial charge in [-0.15, -0.1) is 5.10 Å². The van der Waals surface area contributed by atoms with E-state index in [4.69, 9.17) is 4.42 Å². The molecule has 0 amide bonds. The summed E-state index contributed by atoms with van der Waals surface area (Å²) in [6, 6.07) is 4.46. The molecule has 0 atom stereocenters. The van der Waals surface area contributed by atoms with Gasteiger partial charge in [-0.3, -0.25) is 4.98 Å². The Balaban J connectivity index is 1.88. The van der Waals surface area contributed by atoms with Crippen molar-refractivity contribution in [3.05, 3.63) is 36.0 Å². The molecule has 6 nitrogen and oxygen atoms in total. The van der Waals surface area contributed by atoms with Crippen LogP contribution in [0, 0.1) is 5.92 Å². The second kappa shape index (κ2) is 7.00. The zero-order valence-corrected chi connectivity index (χ0v) is 12.2. The van der Waals surface area contributed by atoms with Crippen molar-refractivity contribution in [1.82, 2.24) is 20.5 Å². The zero-order chi connectivity index (χ0) is 14.4. The van der Waals surface area contributed by atoms with Crippen molar-refractivity contribution in [3.8, 4) is 0 Å². The number of anilines is 1. The second-order valence-corrected chi connectivity index (χ2v) is 5.22. The van der Waals surface area contributed by atoms with Gasteiger partial charge in [-0.05, 0) is 24.1 Å². The van der Waals surface area contributed by atoms with E-state index in [0.717, 1.165) is 12.1 Å². The van der Waals surface area contributed by atoms with Crippen LogP contribution in [0.15, 0.2) is 28.9 Å². The number of pyridine rings is 1. The predicted molar refractivity (Wildman–Crippen MR) is 77.2 cm³/mol. The molecule has 0 aliphatic carbocycles. The summed E-state index contributed by atoms with van der Waals surface area (Å²) in [5.74, 6) is 1.21. The number of hydrogen-bond donors (Lipinski definition) is 1. The molecule has 2 aromatic rings. The fourth-order valence-corrected chi connectivity index (χ4v) is 1.77. The van der Waals surface area contributed by atoms with Crippen molar-refractivity contribution in [2.45, 2.75) is 26.9 Å². The molecule has 6 heteroatoms. The normalized spacial score (nSPS) is 11.0. The lowest BCUT2D eigenvalue weighted by atomic mass is 10.2. The summed E-state index contributed by atoms with van der Waals surface area (Å²) in [6.45, 7) is 6.55. The van der Waals surface area contributed by atoms with Gasteiger partial charge in [-0.2, -0.15) is 0 Å². The molecule has 0 aromatic carbocycles. The van der Waals surface area contributed by atoms with Gasteiger partial charge in [-0.25, -0.2) is 0 Å². The van der Waals surface area contributed by atoms with Gasteiger partial charge in [0.05, 0.1) is 6.54 Å². The van der Waals surface area contributed by atoms with Crippen molar-refractivity contribution in [2.75, 3.05) is 18.5 Å². The van der Waals surface area contributed by atoms with Crippen molar-refractivity contribution in [3.63, 3.8) is 0 Å². The van der Waals surface area contributed by atoms with Crippen LogP contribution in [-0.2, 0) is 13.1 Å². The van der Waals surface area contributed by atoms with Crippen LogP contribution in [0.2, 0.25) is 0 Å². The molecule has 0 unspecified atom stereocenters. The molecule has 0 bridgehead atoms. The van der Waals surface area contributed by atoms with Crippen molar-refractivity contribution < 1.29 is 4.42 Å². The predicted octanol–water partition coefficient (Wildman–Crippen LogP) is 1.85. The van der Waals surface area contributed by atoms with E-state index in [2.05, 4.69) is 34.3 Å². The van der Waals surface area contributed by atoms with E-state index >= 15 is 0 Å². The largest absolute Gasteiger partial charge is 0.407 e. The molecule has 1 N–H and O–H groups in total. The molecule has 20 heavy (non-hydrogen) atoms. The Kier molecular flexibility index (Phi) is 5.06. The van der Waals surface area contributed by atoms with Crippen molar-refractivity contribution >= 4 is 6.01 Å². The maximum Gasteiger partial charge on any atom is 0.318 e. The third-order valence-electron chi connectivity index (χ3n) is 2.75. The summed E-state index contributed by atoms with van der Waals surface area (Å²) < 4.78 is 5.62. The summed E-state index contributed by atoms with van der Waals surface area (Å²) in [7, 11) is 1.92.